The number of fused-ring (bicyclic) bond motifs is 4. The Hall–Kier alpha value is -7.22. The first-order valence-corrected chi connectivity index (χ1v) is 18.9. The predicted molar refractivity (Wildman–Crippen MR) is 235 cm³/mol. The quantitative estimate of drug-likeness (QED) is 0.150. The highest BCUT2D eigenvalue weighted by Gasteiger charge is 2.15. The molecule has 0 N–H and O–H groups in total. The Bertz CT molecular complexity index is 2950. The van der Waals surface area contributed by atoms with Crippen molar-refractivity contribution in [2.45, 2.75) is 0 Å². The molecule has 0 atom stereocenters. The first kappa shape index (κ1) is 32.4. The lowest BCUT2D eigenvalue weighted by atomic mass is 9.97. The highest BCUT2D eigenvalue weighted by molar-refractivity contribution is 6.08. The Balaban J connectivity index is 1.04. The summed E-state index contributed by atoms with van der Waals surface area (Å²) in [6, 6.07) is 81.4. The van der Waals surface area contributed by atoms with Gasteiger partial charge in [-0.05, 0) is 125 Å². The minimum Gasteiger partial charge on any atom is -0.310 e. The molecule has 0 amide bonds. The van der Waals surface area contributed by atoms with E-state index in [0.29, 0.717) is 0 Å². The van der Waals surface area contributed by atoms with Crippen LogP contribution in [0.2, 0.25) is 0 Å². The fraction of sp³-hybridized carbons (Fsp3) is 0. The maximum Gasteiger partial charge on any atom is 0.0467 e. The van der Waals surface area contributed by atoms with Gasteiger partial charge in [-0.3, -0.25) is 0 Å². The number of hydrogen-bond donors (Lipinski definition) is 0. The SMILES string of the molecule is c1ccc(-c2cccc(-c3ccc(N(c4ccc(-c5ccc6c(ccc7ccccc76)c5)cc4)c4cccc(-c5cccc6ccccc56)c4)cc3)c2)cc1. The van der Waals surface area contributed by atoms with E-state index in [2.05, 4.69) is 229 Å². The molecule has 0 spiro atoms. The van der Waals surface area contributed by atoms with Crippen molar-refractivity contribution in [3.05, 3.63) is 224 Å². The van der Waals surface area contributed by atoms with Crippen molar-refractivity contribution in [1.82, 2.24) is 0 Å². The van der Waals surface area contributed by atoms with Gasteiger partial charge in [0.25, 0.3) is 0 Å². The second-order valence-corrected chi connectivity index (χ2v) is 14.2. The molecule has 0 aliphatic carbocycles. The molecule has 1 heteroatoms. The lowest BCUT2D eigenvalue weighted by Crippen LogP contribution is -2.10. The Morgan fingerprint density at radius 2 is 0.691 bits per heavy atom. The van der Waals surface area contributed by atoms with E-state index in [0.717, 1.165) is 17.1 Å². The third-order valence-corrected chi connectivity index (χ3v) is 10.8. The van der Waals surface area contributed by atoms with Crippen molar-refractivity contribution < 1.29 is 0 Å². The van der Waals surface area contributed by atoms with Gasteiger partial charge in [0.2, 0.25) is 0 Å². The second kappa shape index (κ2) is 14.0. The lowest BCUT2D eigenvalue weighted by Gasteiger charge is -2.26. The van der Waals surface area contributed by atoms with E-state index in [1.807, 2.05) is 0 Å². The zero-order chi connectivity index (χ0) is 36.6. The minimum atomic E-state index is 1.10. The molecule has 10 aromatic carbocycles. The smallest absolute Gasteiger partial charge is 0.0467 e. The van der Waals surface area contributed by atoms with Crippen molar-refractivity contribution in [1.29, 1.82) is 0 Å². The van der Waals surface area contributed by atoms with Crippen LogP contribution in [0.5, 0.6) is 0 Å². The Kier molecular flexibility index (Phi) is 8.24. The molecule has 0 aromatic heterocycles. The molecule has 0 radical (unpaired) electrons. The van der Waals surface area contributed by atoms with Crippen molar-refractivity contribution in [2.24, 2.45) is 0 Å². The van der Waals surface area contributed by atoms with E-state index in [4.69, 9.17) is 0 Å². The highest BCUT2D eigenvalue weighted by atomic mass is 15.1. The molecule has 0 heterocycles. The van der Waals surface area contributed by atoms with Gasteiger partial charge in [-0.25, -0.2) is 0 Å². The van der Waals surface area contributed by atoms with Crippen LogP contribution in [0.4, 0.5) is 17.1 Å². The van der Waals surface area contributed by atoms with Crippen molar-refractivity contribution in [3.63, 3.8) is 0 Å². The average Bonchev–Trinajstić information content (AvgIpc) is 3.27. The molecular formula is C54H37N. The van der Waals surface area contributed by atoms with Crippen LogP contribution in [0.15, 0.2) is 224 Å². The number of anilines is 3. The lowest BCUT2D eigenvalue weighted by molar-refractivity contribution is 1.28. The maximum atomic E-state index is 2.37. The molecule has 0 saturated carbocycles. The van der Waals surface area contributed by atoms with Crippen LogP contribution in [0.1, 0.15) is 0 Å². The number of benzene rings is 10. The van der Waals surface area contributed by atoms with Gasteiger partial charge >= 0.3 is 0 Å². The molecule has 10 rings (SSSR count). The van der Waals surface area contributed by atoms with E-state index in [1.165, 1.54) is 76.8 Å². The summed E-state index contributed by atoms with van der Waals surface area (Å²) in [5.74, 6) is 0. The highest BCUT2D eigenvalue weighted by Crippen LogP contribution is 2.40. The number of rotatable bonds is 7. The zero-order valence-electron chi connectivity index (χ0n) is 30.3. The predicted octanol–water partition coefficient (Wildman–Crippen LogP) is 15.3. The third kappa shape index (κ3) is 6.22. The van der Waals surface area contributed by atoms with Crippen molar-refractivity contribution in [2.75, 3.05) is 4.90 Å². The van der Waals surface area contributed by atoms with Crippen LogP contribution in [0.25, 0.3) is 76.8 Å². The molecule has 10 aromatic rings. The Morgan fingerprint density at radius 3 is 1.42 bits per heavy atom. The zero-order valence-corrected chi connectivity index (χ0v) is 30.3. The van der Waals surface area contributed by atoms with Crippen LogP contribution < -0.4 is 4.90 Å². The van der Waals surface area contributed by atoms with Crippen LogP contribution in [0, 0.1) is 0 Å². The van der Waals surface area contributed by atoms with Crippen LogP contribution in [-0.2, 0) is 0 Å². The summed E-state index contributed by atoms with van der Waals surface area (Å²) in [5, 5.41) is 7.59. The van der Waals surface area contributed by atoms with Crippen LogP contribution in [0.3, 0.4) is 0 Å². The largest absolute Gasteiger partial charge is 0.310 e. The normalized spacial score (nSPS) is 11.3. The molecule has 55 heavy (non-hydrogen) atoms. The van der Waals surface area contributed by atoms with E-state index in [-0.39, 0.29) is 0 Å². The monoisotopic (exact) mass is 699 g/mol. The van der Waals surface area contributed by atoms with Gasteiger partial charge in [-0.2, -0.15) is 0 Å². The summed E-state index contributed by atoms with van der Waals surface area (Å²) in [7, 11) is 0. The standard InChI is InChI=1S/C54H37N/c1-2-11-38(12-3-1)43-16-8-17-44(35-43)39-25-30-48(31-26-39)55(50-19-9-18-46(37-50)53-22-10-15-41-13-4-6-20-51(41)53)49-32-27-40(28-33-49)45-29-34-54-47(36-45)24-23-42-14-5-7-21-52(42)54/h1-37H. The molecular weight excluding hydrogens is 663 g/mol. The van der Waals surface area contributed by atoms with Gasteiger partial charge < -0.3 is 4.90 Å². The molecule has 258 valence electrons. The molecule has 0 aliphatic rings. The van der Waals surface area contributed by atoms with Crippen molar-refractivity contribution in [3.8, 4) is 44.5 Å². The molecule has 1 nitrogen and oxygen atoms in total. The summed E-state index contributed by atoms with van der Waals surface area (Å²) in [4.78, 5) is 2.37. The van der Waals surface area contributed by atoms with Gasteiger partial charge in [0, 0.05) is 17.1 Å². The first-order valence-electron chi connectivity index (χ1n) is 18.9. The van der Waals surface area contributed by atoms with Gasteiger partial charge in [-0.15, -0.1) is 0 Å². The third-order valence-electron chi connectivity index (χ3n) is 10.8. The molecule has 0 aliphatic heterocycles. The summed E-state index contributed by atoms with van der Waals surface area (Å²) < 4.78 is 0. The van der Waals surface area contributed by atoms with Gasteiger partial charge in [-0.1, -0.05) is 176 Å². The number of hydrogen-bond acceptors (Lipinski definition) is 1. The number of nitrogens with zero attached hydrogens (tertiary/aromatic N) is 1. The van der Waals surface area contributed by atoms with Gasteiger partial charge in [0.05, 0.1) is 0 Å². The minimum absolute atomic E-state index is 1.10. The van der Waals surface area contributed by atoms with E-state index < -0.39 is 0 Å². The van der Waals surface area contributed by atoms with Crippen LogP contribution in [-0.4, -0.2) is 0 Å². The molecule has 0 saturated heterocycles. The molecule has 0 fully saturated rings. The summed E-state index contributed by atoms with van der Waals surface area (Å²) in [6.45, 7) is 0. The summed E-state index contributed by atoms with van der Waals surface area (Å²) >= 11 is 0. The molecule has 0 bridgehead atoms. The second-order valence-electron chi connectivity index (χ2n) is 14.2. The van der Waals surface area contributed by atoms with Gasteiger partial charge in [0.15, 0.2) is 0 Å². The topological polar surface area (TPSA) is 3.24 Å². The summed E-state index contributed by atoms with van der Waals surface area (Å²) in [5.41, 5.74) is 12.9. The van der Waals surface area contributed by atoms with Crippen LogP contribution >= 0.6 is 0 Å². The van der Waals surface area contributed by atoms with Crippen molar-refractivity contribution >= 4 is 49.4 Å². The Labute approximate surface area is 322 Å². The van der Waals surface area contributed by atoms with E-state index in [9.17, 15) is 0 Å². The average molecular weight is 700 g/mol. The van der Waals surface area contributed by atoms with Gasteiger partial charge in [0.1, 0.15) is 0 Å². The Morgan fingerprint density at radius 1 is 0.218 bits per heavy atom. The maximum absolute atomic E-state index is 2.37. The summed E-state index contributed by atoms with van der Waals surface area (Å²) in [6.07, 6.45) is 0. The van der Waals surface area contributed by atoms with E-state index in [1.54, 1.807) is 0 Å². The molecule has 0 unspecified atom stereocenters. The fourth-order valence-electron chi connectivity index (χ4n) is 8.04. The first-order chi connectivity index (χ1) is 27.2. The van der Waals surface area contributed by atoms with E-state index >= 15 is 0 Å². The fourth-order valence-corrected chi connectivity index (χ4v) is 8.04.